The molecule has 26 heavy (non-hydrogen) atoms. The van der Waals surface area contributed by atoms with Crippen LogP contribution in [0, 0.1) is 5.92 Å². The van der Waals surface area contributed by atoms with Gasteiger partial charge in [0.05, 0.1) is 6.10 Å². The molecule has 146 valence electrons. The first-order valence-corrected chi connectivity index (χ1v) is 8.04. The standard InChI is InChI=1S/C15H28N4O6.Na.H/c1-5-7-15(19-14(18)23,10(11(16)20)12(17)21)13(22)25-9(6-2)24-8(3)4;;/h8-10H,5-7H2,1-4H3,(H2,16,20)(H2,17,21)(H3,18,19,23);;/q;+1;-1. The molecule has 0 aliphatic heterocycles. The molecule has 0 bridgehead atoms. The van der Waals surface area contributed by atoms with Gasteiger partial charge >= 0.3 is 41.6 Å². The van der Waals surface area contributed by atoms with E-state index in [1.807, 2.05) is 0 Å². The SMILES string of the molecule is CCCC(NC(N)=O)(C(=O)OC(CC)OC(C)C)C(C(N)=O)C(N)=O.[H-].[Na+]. The summed E-state index contributed by atoms with van der Waals surface area (Å²) in [4.78, 5) is 47.8. The smallest absolute Gasteiger partial charge is 1.00 e. The summed E-state index contributed by atoms with van der Waals surface area (Å²) in [5, 5.41) is 2.15. The number of hydrogen-bond acceptors (Lipinski definition) is 6. The minimum absolute atomic E-state index is 0. The van der Waals surface area contributed by atoms with Crippen molar-refractivity contribution in [2.24, 2.45) is 23.1 Å². The predicted molar refractivity (Wildman–Crippen MR) is 89.7 cm³/mol. The summed E-state index contributed by atoms with van der Waals surface area (Å²) in [5.74, 6) is -5.25. The van der Waals surface area contributed by atoms with E-state index in [9.17, 15) is 19.2 Å². The van der Waals surface area contributed by atoms with Crippen molar-refractivity contribution in [3.63, 3.8) is 0 Å². The van der Waals surface area contributed by atoms with Gasteiger partial charge in [0.2, 0.25) is 18.1 Å². The van der Waals surface area contributed by atoms with Crippen LogP contribution in [0.1, 0.15) is 48.4 Å². The van der Waals surface area contributed by atoms with E-state index in [2.05, 4.69) is 5.32 Å². The van der Waals surface area contributed by atoms with Crippen molar-refractivity contribution in [1.82, 2.24) is 5.32 Å². The number of amides is 4. The number of carbonyl (C=O) groups is 4. The van der Waals surface area contributed by atoms with Crippen LogP contribution < -0.4 is 52.1 Å². The van der Waals surface area contributed by atoms with Gasteiger partial charge in [0.1, 0.15) is 5.92 Å². The van der Waals surface area contributed by atoms with E-state index in [-0.39, 0.29) is 43.5 Å². The molecule has 11 heteroatoms. The molecule has 0 heterocycles. The summed E-state index contributed by atoms with van der Waals surface area (Å²) in [6, 6.07) is -1.13. The topological polar surface area (TPSA) is 177 Å². The molecule has 0 saturated heterocycles. The molecule has 0 rings (SSSR count). The average molecular weight is 384 g/mol. The average Bonchev–Trinajstić information content (AvgIpc) is 2.44. The van der Waals surface area contributed by atoms with E-state index in [0.717, 1.165) is 0 Å². The molecule has 0 spiro atoms. The Hall–Kier alpha value is -1.36. The van der Waals surface area contributed by atoms with Crippen molar-refractivity contribution in [1.29, 1.82) is 0 Å². The summed E-state index contributed by atoms with van der Waals surface area (Å²) >= 11 is 0. The molecule has 0 aliphatic carbocycles. The van der Waals surface area contributed by atoms with Crippen molar-refractivity contribution in [3.05, 3.63) is 0 Å². The second kappa shape index (κ2) is 12.1. The summed E-state index contributed by atoms with van der Waals surface area (Å²) in [5.41, 5.74) is 13.5. The van der Waals surface area contributed by atoms with Crippen LogP contribution >= 0.6 is 0 Å². The van der Waals surface area contributed by atoms with Crippen molar-refractivity contribution < 1.29 is 59.6 Å². The molecule has 7 N–H and O–H groups in total. The second-order valence-corrected chi connectivity index (χ2v) is 5.88. The summed E-state index contributed by atoms with van der Waals surface area (Å²) in [6.07, 6.45) is -0.719. The Kier molecular flexibility index (Phi) is 12.5. The molecule has 0 fully saturated rings. The third-order valence-corrected chi connectivity index (χ3v) is 3.41. The molecule has 4 amide bonds. The number of ether oxygens (including phenoxy) is 2. The number of urea groups is 1. The molecular formula is C15H29N4NaO6. The third-order valence-electron chi connectivity index (χ3n) is 3.41. The first-order chi connectivity index (χ1) is 11.5. The van der Waals surface area contributed by atoms with Crippen LogP contribution in [0.4, 0.5) is 4.79 Å². The number of nitrogens with two attached hydrogens (primary N) is 3. The van der Waals surface area contributed by atoms with Crippen LogP contribution in [0.15, 0.2) is 0 Å². The zero-order valence-corrected chi connectivity index (χ0v) is 18.0. The van der Waals surface area contributed by atoms with Gasteiger partial charge in [0.15, 0.2) is 5.54 Å². The van der Waals surface area contributed by atoms with Crippen LogP contribution in [0.25, 0.3) is 0 Å². The van der Waals surface area contributed by atoms with Crippen molar-refractivity contribution in [3.8, 4) is 0 Å². The Morgan fingerprint density at radius 2 is 1.58 bits per heavy atom. The Labute approximate surface area is 176 Å². The Morgan fingerprint density at radius 3 is 1.88 bits per heavy atom. The number of nitrogens with one attached hydrogen (secondary N) is 1. The van der Waals surface area contributed by atoms with Gasteiger partial charge in [-0.2, -0.15) is 0 Å². The molecule has 2 unspecified atom stereocenters. The van der Waals surface area contributed by atoms with Crippen molar-refractivity contribution in [2.45, 2.75) is 64.9 Å². The van der Waals surface area contributed by atoms with Gasteiger partial charge in [-0.25, -0.2) is 9.59 Å². The van der Waals surface area contributed by atoms with Crippen molar-refractivity contribution in [2.75, 3.05) is 0 Å². The van der Waals surface area contributed by atoms with Crippen LogP contribution in [0.2, 0.25) is 0 Å². The van der Waals surface area contributed by atoms with E-state index in [1.165, 1.54) is 0 Å². The molecular weight excluding hydrogens is 355 g/mol. The second-order valence-electron chi connectivity index (χ2n) is 5.88. The van der Waals surface area contributed by atoms with Gasteiger partial charge in [-0.15, -0.1) is 0 Å². The normalized spacial score (nSPS) is 14.1. The first kappa shape index (κ1) is 26.9. The molecule has 0 aromatic rings. The Morgan fingerprint density at radius 1 is 1.08 bits per heavy atom. The van der Waals surface area contributed by atoms with Gasteiger partial charge in [0, 0.05) is 6.42 Å². The third kappa shape index (κ3) is 7.48. The molecule has 0 aliphatic rings. The number of hydrogen-bond donors (Lipinski definition) is 4. The number of primary amides is 3. The van der Waals surface area contributed by atoms with Gasteiger partial charge in [0.25, 0.3) is 0 Å². The zero-order valence-electron chi connectivity index (χ0n) is 17.0. The van der Waals surface area contributed by atoms with E-state index in [0.29, 0.717) is 12.8 Å². The Bertz CT molecular complexity index is 509. The van der Waals surface area contributed by atoms with E-state index < -0.39 is 41.6 Å². The molecule has 10 nitrogen and oxygen atoms in total. The molecule has 0 radical (unpaired) electrons. The maximum absolute atomic E-state index is 12.8. The van der Waals surface area contributed by atoms with Crippen LogP contribution in [0.5, 0.6) is 0 Å². The van der Waals surface area contributed by atoms with E-state index in [1.54, 1.807) is 27.7 Å². The quantitative estimate of drug-likeness (QED) is 0.125. The fourth-order valence-corrected chi connectivity index (χ4v) is 2.53. The van der Waals surface area contributed by atoms with Crippen LogP contribution in [0.3, 0.4) is 0 Å². The van der Waals surface area contributed by atoms with Crippen molar-refractivity contribution >= 4 is 23.8 Å². The van der Waals surface area contributed by atoms with Gasteiger partial charge in [-0.3, -0.25) is 9.59 Å². The first-order valence-electron chi connectivity index (χ1n) is 8.04. The fraction of sp³-hybridized carbons (Fsp3) is 0.733. The van der Waals surface area contributed by atoms with E-state index >= 15 is 0 Å². The summed E-state index contributed by atoms with van der Waals surface area (Å²) in [7, 11) is 0. The molecule has 2 atom stereocenters. The minimum atomic E-state index is -2.11. The van der Waals surface area contributed by atoms with Gasteiger partial charge in [-0.05, 0) is 20.3 Å². The largest absolute Gasteiger partial charge is 1.00 e. The van der Waals surface area contributed by atoms with Crippen LogP contribution in [-0.4, -0.2) is 41.7 Å². The number of carbonyl (C=O) groups excluding carboxylic acids is 4. The van der Waals surface area contributed by atoms with Gasteiger partial charge in [-0.1, -0.05) is 20.3 Å². The molecule has 0 aromatic carbocycles. The Balaban J connectivity index is -0.00000288. The zero-order chi connectivity index (χ0) is 19.8. The maximum atomic E-state index is 12.8. The van der Waals surface area contributed by atoms with Gasteiger partial charge < -0.3 is 33.4 Å². The number of rotatable bonds is 11. The minimum Gasteiger partial charge on any atom is -1.00 e. The van der Waals surface area contributed by atoms with Crippen LogP contribution in [-0.2, 0) is 23.9 Å². The molecule has 0 saturated carbocycles. The predicted octanol–water partition coefficient (Wildman–Crippen LogP) is -3.40. The monoisotopic (exact) mass is 384 g/mol. The maximum Gasteiger partial charge on any atom is 1.00 e. The molecule has 0 aromatic heterocycles. The number of esters is 1. The summed E-state index contributed by atoms with van der Waals surface area (Å²) in [6.45, 7) is 6.87. The summed E-state index contributed by atoms with van der Waals surface area (Å²) < 4.78 is 10.7. The van der Waals surface area contributed by atoms with E-state index in [4.69, 9.17) is 26.7 Å². The fourth-order valence-electron chi connectivity index (χ4n) is 2.53.